The Morgan fingerprint density at radius 3 is 2.81 bits per heavy atom. The molecule has 1 heterocycles. The van der Waals surface area contributed by atoms with Crippen LogP contribution in [-0.2, 0) is 11.2 Å². The number of phenolic OH excluding ortho intramolecular Hbond substituents is 2. The highest BCUT2D eigenvalue weighted by Crippen LogP contribution is 2.40. The fourth-order valence-electron chi connectivity index (χ4n) is 1.50. The molecule has 2 rings (SSSR count). The van der Waals surface area contributed by atoms with Crippen LogP contribution >= 0.6 is 43.2 Å². The van der Waals surface area contributed by atoms with Gasteiger partial charge in [-0.2, -0.15) is 5.10 Å². The molecule has 1 aromatic heterocycles. The number of amides is 1. The zero-order valence-corrected chi connectivity index (χ0v) is 14.5. The molecule has 110 valence electrons. The van der Waals surface area contributed by atoms with Crippen LogP contribution in [0.1, 0.15) is 10.4 Å². The molecular weight excluding hydrogens is 424 g/mol. The van der Waals surface area contributed by atoms with Gasteiger partial charge in [-0.25, -0.2) is 5.43 Å². The molecule has 0 aliphatic carbocycles. The standard InChI is InChI=1S/C13H10Br2N2O3S/c14-9-4-7(12(19)11(15)13(9)20)6-16-17-10(18)5-8-2-1-3-21-8/h1-4,6,19-20H,5H2,(H,17,18)/b16-6-. The highest BCUT2D eigenvalue weighted by molar-refractivity contribution is 9.11. The first-order chi connectivity index (χ1) is 9.99. The molecule has 0 atom stereocenters. The lowest BCUT2D eigenvalue weighted by molar-refractivity contribution is -0.120. The number of nitrogens with zero attached hydrogens (tertiary/aromatic N) is 1. The average Bonchev–Trinajstić information content (AvgIpc) is 2.95. The van der Waals surface area contributed by atoms with E-state index in [1.807, 2.05) is 17.5 Å². The average molecular weight is 434 g/mol. The number of halogens is 2. The SMILES string of the molecule is O=C(Cc1cccs1)N/N=C\c1cc(Br)c(O)c(Br)c1O. The van der Waals surface area contributed by atoms with Gasteiger partial charge in [-0.3, -0.25) is 4.79 Å². The Morgan fingerprint density at radius 2 is 2.14 bits per heavy atom. The molecule has 0 bridgehead atoms. The highest BCUT2D eigenvalue weighted by atomic mass is 79.9. The van der Waals surface area contributed by atoms with E-state index in [1.165, 1.54) is 23.6 Å². The van der Waals surface area contributed by atoms with Crippen molar-refractivity contribution in [2.24, 2.45) is 5.10 Å². The van der Waals surface area contributed by atoms with Crippen molar-refractivity contribution in [3.05, 3.63) is 43.0 Å². The van der Waals surface area contributed by atoms with Gasteiger partial charge in [0.2, 0.25) is 5.91 Å². The van der Waals surface area contributed by atoms with Crippen molar-refractivity contribution in [3.8, 4) is 11.5 Å². The normalized spacial score (nSPS) is 11.0. The number of carbonyl (C=O) groups is 1. The minimum absolute atomic E-state index is 0.105. The molecule has 0 saturated carbocycles. The number of hydrogen-bond acceptors (Lipinski definition) is 5. The number of hydrazone groups is 1. The van der Waals surface area contributed by atoms with Gasteiger partial charge in [-0.1, -0.05) is 6.07 Å². The van der Waals surface area contributed by atoms with Gasteiger partial charge in [0.25, 0.3) is 0 Å². The minimum Gasteiger partial charge on any atom is -0.506 e. The highest BCUT2D eigenvalue weighted by Gasteiger charge is 2.12. The first kappa shape index (κ1) is 16.0. The van der Waals surface area contributed by atoms with Gasteiger partial charge in [0, 0.05) is 10.4 Å². The van der Waals surface area contributed by atoms with Crippen molar-refractivity contribution in [2.45, 2.75) is 6.42 Å². The Labute approximate surface area is 141 Å². The van der Waals surface area contributed by atoms with Crippen molar-refractivity contribution in [3.63, 3.8) is 0 Å². The molecule has 0 fully saturated rings. The van der Waals surface area contributed by atoms with E-state index in [0.29, 0.717) is 10.0 Å². The molecule has 0 radical (unpaired) electrons. The van der Waals surface area contributed by atoms with Crippen molar-refractivity contribution in [1.82, 2.24) is 5.43 Å². The second kappa shape index (κ2) is 7.06. The number of nitrogens with one attached hydrogen (secondary N) is 1. The molecular formula is C13H10Br2N2O3S. The molecule has 3 N–H and O–H groups in total. The van der Waals surface area contributed by atoms with Gasteiger partial charge in [-0.05, 0) is 49.4 Å². The van der Waals surface area contributed by atoms with Crippen LogP contribution in [0.5, 0.6) is 11.5 Å². The van der Waals surface area contributed by atoms with Gasteiger partial charge in [0.05, 0.1) is 17.1 Å². The Kier molecular flexibility index (Phi) is 5.38. The molecule has 8 heteroatoms. The van der Waals surface area contributed by atoms with E-state index in [0.717, 1.165) is 4.88 Å². The number of carbonyl (C=O) groups excluding carboxylic acids is 1. The van der Waals surface area contributed by atoms with Gasteiger partial charge in [-0.15, -0.1) is 11.3 Å². The van der Waals surface area contributed by atoms with Crippen molar-refractivity contribution >= 4 is 55.3 Å². The second-order valence-corrected chi connectivity index (χ2v) is 6.69. The molecule has 0 spiro atoms. The third-order valence-electron chi connectivity index (χ3n) is 2.51. The molecule has 21 heavy (non-hydrogen) atoms. The van der Waals surface area contributed by atoms with E-state index in [-0.39, 0.29) is 28.3 Å². The summed E-state index contributed by atoms with van der Waals surface area (Å²) >= 11 is 7.71. The van der Waals surface area contributed by atoms with Gasteiger partial charge in [0.15, 0.2) is 0 Å². The summed E-state index contributed by atoms with van der Waals surface area (Å²) in [5.74, 6) is -0.511. The molecule has 0 aliphatic heterocycles. The van der Waals surface area contributed by atoms with Gasteiger partial charge >= 0.3 is 0 Å². The van der Waals surface area contributed by atoms with Crippen LogP contribution in [0.15, 0.2) is 37.6 Å². The maximum Gasteiger partial charge on any atom is 0.245 e. The maximum atomic E-state index is 11.6. The molecule has 0 unspecified atom stereocenters. The van der Waals surface area contributed by atoms with Crippen LogP contribution in [0.3, 0.4) is 0 Å². The molecule has 1 amide bonds. The van der Waals surface area contributed by atoms with E-state index in [1.54, 1.807) is 0 Å². The van der Waals surface area contributed by atoms with Gasteiger partial charge in [0.1, 0.15) is 16.0 Å². The summed E-state index contributed by atoms with van der Waals surface area (Å²) in [6.07, 6.45) is 1.56. The number of rotatable bonds is 4. The monoisotopic (exact) mass is 432 g/mol. The number of hydrogen-bond donors (Lipinski definition) is 3. The Morgan fingerprint density at radius 1 is 1.38 bits per heavy atom. The summed E-state index contributed by atoms with van der Waals surface area (Å²) in [5, 5.41) is 25.1. The summed E-state index contributed by atoms with van der Waals surface area (Å²) in [6.45, 7) is 0. The third-order valence-corrected chi connectivity index (χ3v) is 4.74. The van der Waals surface area contributed by atoms with Crippen LogP contribution in [0.2, 0.25) is 0 Å². The van der Waals surface area contributed by atoms with Crippen LogP contribution in [0, 0.1) is 0 Å². The van der Waals surface area contributed by atoms with E-state index in [4.69, 9.17) is 0 Å². The molecule has 1 aromatic carbocycles. The fraction of sp³-hybridized carbons (Fsp3) is 0.0769. The largest absolute Gasteiger partial charge is 0.506 e. The Balaban J connectivity index is 2.03. The zero-order valence-electron chi connectivity index (χ0n) is 10.5. The quantitative estimate of drug-likeness (QED) is 0.510. The van der Waals surface area contributed by atoms with Crippen LogP contribution < -0.4 is 5.43 Å². The Bertz CT molecular complexity index is 687. The van der Waals surface area contributed by atoms with Gasteiger partial charge < -0.3 is 10.2 Å². The predicted octanol–water partition coefficient (Wildman–Crippen LogP) is 3.38. The smallest absolute Gasteiger partial charge is 0.245 e. The summed E-state index contributed by atoms with van der Waals surface area (Å²) in [4.78, 5) is 12.6. The lowest BCUT2D eigenvalue weighted by Crippen LogP contribution is -2.19. The zero-order chi connectivity index (χ0) is 15.4. The topological polar surface area (TPSA) is 81.9 Å². The second-order valence-electron chi connectivity index (χ2n) is 4.01. The summed E-state index contributed by atoms with van der Waals surface area (Å²) in [6, 6.07) is 5.23. The van der Waals surface area contributed by atoms with E-state index in [9.17, 15) is 15.0 Å². The maximum absolute atomic E-state index is 11.6. The third kappa shape index (κ3) is 4.05. The van der Waals surface area contributed by atoms with Crippen LogP contribution in [0.4, 0.5) is 0 Å². The first-order valence-electron chi connectivity index (χ1n) is 5.73. The number of phenols is 2. The molecule has 0 aliphatic rings. The van der Waals surface area contributed by atoms with Crippen LogP contribution in [0.25, 0.3) is 0 Å². The Hall–Kier alpha value is -1.38. The fourth-order valence-corrected chi connectivity index (χ4v) is 3.36. The van der Waals surface area contributed by atoms with E-state index < -0.39 is 0 Å². The van der Waals surface area contributed by atoms with Crippen LogP contribution in [-0.4, -0.2) is 22.3 Å². The van der Waals surface area contributed by atoms with E-state index >= 15 is 0 Å². The lowest BCUT2D eigenvalue weighted by Gasteiger charge is -2.06. The summed E-state index contributed by atoms with van der Waals surface area (Å²) in [7, 11) is 0. The minimum atomic E-state index is -0.245. The van der Waals surface area contributed by atoms with Crippen molar-refractivity contribution in [1.29, 1.82) is 0 Å². The molecule has 5 nitrogen and oxygen atoms in total. The van der Waals surface area contributed by atoms with Crippen molar-refractivity contribution in [2.75, 3.05) is 0 Å². The number of aromatic hydroxyl groups is 2. The summed E-state index contributed by atoms with van der Waals surface area (Å²) in [5.41, 5.74) is 2.73. The predicted molar refractivity (Wildman–Crippen MR) is 88.9 cm³/mol. The number of thiophene rings is 1. The number of benzene rings is 1. The molecule has 2 aromatic rings. The summed E-state index contributed by atoms with van der Waals surface area (Å²) < 4.78 is 0.557. The first-order valence-corrected chi connectivity index (χ1v) is 8.20. The lowest BCUT2D eigenvalue weighted by atomic mass is 10.2. The van der Waals surface area contributed by atoms with E-state index in [2.05, 4.69) is 42.4 Å². The molecule has 0 saturated heterocycles. The van der Waals surface area contributed by atoms with Crippen molar-refractivity contribution < 1.29 is 15.0 Å².